The summed E-state index contributed by atoms with van der Waals surface area (Å²) in [5.74, 6) is -0.124. The van der Waals surface area contributed by atoms with Crippen LogP contribution in [-0.4, -0.2) is 30.3 Å². The van der Waals surface area contributed by atoms with Gasteiger partial charge < -0.3 is 9.47 Å². The fourth-order valence-corrected chi connectivity index (χ4v) is 5.76. The molecular weight excluding hydrogens is 432 g/mol. The first kappa shape index (κ1) is 22.8. The van der Waals surface area contributed by atoms with Gasteiger partial charge in [0.05, 0.1) is 10.6 Å². The molecular formula is C27H28N2O3S. The lowest BCUT2D eigenvalue weighted by atomic mass is 10.1. The monoisotopic (exact) mass is 460 g/mol. The maximum absolute atomic E-state index is 13.4. The summed E-state index contributed by atoms with van der Waals surface area (Å²) >= 11 is 0. The first-order valence-corrected chi connectivity index (χ1v) is 12.7. The average Bonchev–Trinajstić information content (AvgIpc) is 3.19. The maximum Gasteiger partial charge on any atom is 0.242 e. The number of sulfone groups is 1. The minimum absolute atomic E-state index is 0.0510. The third-order valence-electron chi connectivity index (χ3n) is 5.95. The highest BCUT2D eigenvalue weighted by Crippen LogP contribution is 2.29. The molecule has 170 valence electrons. The van der Waals surface area contributed by atoms with Gasteiger partial charge in [-0.3, -0.25) is 4.79 Å². The Morgan fingerprint density at radius 1 is 0.909 bits per heavy atom. The molecule has 0 N–H and O–H groups in total. The number of benzene rings is 3. The van der Waals surface area contributed by atoms with Crippen LogP contribution in [0.5, 0.6) is 0 Å². The van der Waals surface area contributed by atoms with Gasteiger partial charge >= 0.3 is 0 Å². The molecule has 0 radical (unpaired) electrons. The van der Waals surface area contributed by atoms with Crippen LogP contribution < -0.4 is 0 Å². The fraction of sp³-hybridized carbons (Fsp3) is 0.222. The fourth-order valence-electron chi connectivity index (χ4n) is 4.07. The summed E-state index contributed by atoms with van der Waals surface area (Å²) in [7, 11) is -3.60. The van der Waals surface area contributed by atoms with Crippen LogP contribution in [0.15, 0.2) is 90.0 Å². The van der Waals surface area contributed by atoms with Crippen LogP contribution in [0.25, 0.3) is 10.9 Å². The van der Waals surface area contributed by atoms with Gasteiger partial charge in [-0.15, -0.1) is 0 Å². The molecule has 3 aromatic carbocycles. The molecule has 0 saturated heterocycles. The van der Waals surface area contributed by atoms with Crippen molar-refractivity contribution in [2.75, 3.05) is 6.54 Å². The zero-order valence-corrected chi connectivity index (χ0v) is 19.8. The Morgan fingerprint density at radius 2 is 1.58 bits per heavy atom. The lowest BCUT2D eigenvalue weighted by molar-refractivity contribution is -0.132. The van der Waals surface area contributed by atoms with Gasteiger partial charge in [0.2, 0.25) is 5.91 Å². The Labute approximate surface area is 195 Å². The number of likely N-dealkylation sites (N-methyl/N-ethyl adjacent to an activating group) is 1. The smallest absolute Gasteiger partial charge is 0.242 e. The molecule has 0 saturated carbocycles. The Balaban J connectivity index is 1.64. The third kappa shape index (κ3) is 5.01. The van der Waals surface area contributed by atoms with Gasteiger partial charge in [-0.2, -0.15) is 0 Å². The number of para-hydroxylation sites is 1. The number of carbonyl (C=O) groups is 1. The first-order valence-electron chi connectivity index (χ1n) is 11.1. The van der Waals surface area contributed by atoms with Gasteiger partial charge in [0.25, 0.3) is 0 Å². The zero-order chi connectivity index (χ0) is 23.4. The van der Waals surface area contributed by atoms with E-state index in [1.165, 1.54) is 0 Å². The predicted octanol–water partition coefficient (Wildman–Crippen LogP) is 4.97. The van der Waals surface area contributed by atoms with Crippen molar-refractivity contribution in [1.82, 2.24) is 9.47 Å². The van der Waals surface area contributed by atoms with Crippen LogP contribution in [0.2, 0.25) is 0 Å². The topological polar surface area (TPSA) is 59.4 Å². The van der Waals surface area contributed by atoms with E-state index in [1.54, 1.807) is 15.7 Å². The lowest BCUT2D eigenvalue weighted by Crippen LogP contribution is -2.33. The van der Waals surface area contributed by atoms with Gasteiger partial charge in [0, 0.05) is 30.2 Å². The number of rotatable bonds is 8. The summed E-state index contributed by atoms with van der Waals surface area (Å²) in [5.41, 5.74) is 3.53. The van der Waals surface area contributed by atoms with Crippen LogP contribution in [-0.2, 0) is 33.5 Å². The van der Waals surface area contributed by atoms with E-state index in [-0.39, 0.29) is 23.1 Å². The van der Waals surface area contributed by atoms with E-state index in [9.17, 15) is 13.2 Å². The third-order valence-corrected chi connectivity index (χ3v) is 7.64. The quantitative estimate of drug-likeness (QED) is 0.373. The van der Waals surface area contributed by atoms with E-state index in [4.69, 9.17) is 0 Å². The summed E-state index contributed by atoms with van der Waals surface area (Å²) in [6.45, 7) is 5.05. The van der Waals surface area contributed by atoms with Crippen LogP contribution in [0.1, 0.15) is 23.6 Å². The van der Waals surface area contributed by atoms with E-state index in [2.05, 4.69) is 0 Å². The molecule has 5 nitrogen and oxygen atoms in total. The average molecular weight is 461 g/mol. The van der Waals surface area contributed by atoms with Crippen molar-refractivity contribution < 1.29 is 13.2 Å². The van der Waals surface area contributed by atoms with Crippen LogP contribution in [0, 0.1) is 6.92 Å². The van der Waals surface area contributed by atoms with E-state index in [1.807, 2.05) is 92.7 Å². The molecule has 0 spiro atoms. The number of hydrogen-bond acceptors (Lipinski definition) is 3. The summed E-state index contributed by atoms with van der Waals surface area (Å²) in [6, 6.07) is 24.7. The molecule has 4 aromatic rings. The van der Waals surface area contributed by atoms with Crippen molar-refractivity contribution >= 4 is 26.6 Å². The molecule has 1 amide bonds. The highest BCUT2D eigenvalue weighted by atomic mass is 32.2. The second-order valence-corrected chi connectivity index (χ2v) is 10.2. The number of aromatic nitrogens is 1. The molecule has 0 aliphatic heterocycles. The zero-order valence-electron chi connectivity index (χ0n) is 18.9. The van der Waals surface area contributed by atoms with Crippen molar-refractivity contribution in [3.8, 4) is 0 Å². The molecule has 0 atom stereocenters. The van der Waals surface area contributed by atoms with Crippen molar-refractivity contribution in [3.63, 3.8) is 0 Å². The Kier molecular flexibility index (Phi) is 6.65. The summed E-state index contributed by atoms with van der Waals surface area (Å²) < 4.78 is 28.5. The second kappa shape index (κ2) is 9.63. The molecule has 0 aliphatic rings. The largest absolute Gasteiger partial charge is 0.337 e. The van der Waals surface area contributed by atoms with Crippen LogP contribution in [0.3, 0.4) is 0 Å². The highest BCUT2D eigenvalue weighted by molar-refractivity contribution is 7.90. The van der Waals surface area contributed by atoms with Gasteiger partial charge in [0.15, 0.2) is 9.84 Å². The normalized spacial score (nSPS) is 11.6. The van der Waals surface area contributed by atoms with E-state index in [0.29, 0.717) is 18.5 Å². The van der Waals surface area contributed by atoms with E-state index in [0.717, 1.165) is 22.2 Å². The SMILES string of the molecule is CCN(Cc1ccccc1)C(=O)Cn1cc(S(=O)(=O)Cc2ccccc2C)c2ccccc21. The van der Waals surface area contributed by atoms with Gasteiger partial charge in [-0.25, -0.2) is 8.42 Å². The van der Waals surface area contributed by atoms with Gasteiger partial charge in [-0.05, 0) is 36.6 Å². The number of amides is 1. The van der Waals surface area contributed by atoms with Gasteiger partial charge in [-0.1, -0.05) is 72.8 Å². The Bertz CT molecular complexity index is 1380. The summed E-state index contributed by atoms with van der Waals surface area (Å²) in [5, 5.41) is 0.644. The predicted molar refractivity (Wildman–Crippen MR) is 132 cm³/mol. The molecule has 1 heterocycles. The van der Waals surface area contributed by atoms with E-state index < -0.39 is 9.84 Å². The molecule has 0 bridgehead atoms. The number of carbonyl (C=O) groups excluding carboxylic acids is 1. The van der Waals surface area contributed by atoms with Crippen molar-refractivity contribution in [1.29, 1.82) is 0 Å². The first-order chi connectivity index (χ1) is 15.9. The molecule has 0 aliphatic carbocycles. The minimum atomic E-state index is -3.60. The van der Waals surface area contributed by atoms with Crippen molar-refractivity contribution in [2.45, 2.75) is 37.6 Å². The number of fused-ring (bicyclic) bond motifs is 1. The maximum atomic E-state index is 13.4. The minimum Gasteiger partial charge on any atom is -0.337 e. The molecule has 0 unspecified atom stereocenters. The van der Waals surface area contributed by atoms with Gasteiger partial charge in [0.1, 0.15) is 6.54 Å². The number of nitrogens with zero attached hydrogens (tertiary/aromatic N) is 2. The van der Waals surface area contributed by atoms with E-state index >= 15 is 0 Å². The second-order valence-electron chi connectivity index (χ2n) is 8.22. The molecule has 6 heteroatoms. The summed E-state index contributed by atoms with van der Waals surface area (Å²) in [6.07, 6.45) is 1.62. The molecule has 4 rings (SSSR count). The standard InChI is InChI=1S/C27H28N2O3S/c1-3-28(17-22-12-5-4-6-13-22)27(30)19-29-18-26(24-15-9-10-16-25(24)29)33(31,32)20-23-14-8-7-11-21(23)2/h4-16,18H,3,17,19-20H2,1-2H3. The summed E-state index contributed by atoms with van der Waals surface area (Å²) in [4.78, 5) is 15.2. The number of aryl methyl sites for hydroxylation is 1. The van der Waals surface area contributed by atoms with Crippen LogP contribution in [0.4, 0.5) is 0 Å². The molecule has 33 heavy (non-hydrogen) atoms. The Hall–Kier alpha value is -3.38. The molecule has 0 fully saturated rings. The van der Waals surface area contributed by atoms with Crippen molar-refractivity contribution in [2.24, 2.45) is 0 Å². The van der Waals surface area contributed by atoms with Crippen molar-refractivity contribution in [3.05, 3.63) is 102 Å². The number of hydrogen-bond donors (Lipinski definition) is 0. The Morgan fingerprint density at radius 3 is 2.30 bits per heavy atom. The highest BCUT2D eigenvalue weighted by Gasteiger charge is 2.23. The van der Waals surface area contributed by atoms with Crippen LogP contribution >= 0.6 is 0 Å². The lowest BCUT2D eigenvalue weighted by Gasteiger charge is -2.21. The molecule has 1 aromatic heterocycles.